The highest BCUT2D eigenvalue weighted by Gasteiger charge is 2.76. The Hall–Kier alpha value is -2.05. The maximum Gasteiger partial charge on any atom is 0.349 e. The molecule has 5 nitrogen and oxygen atoms in total. The zero-order valence-electron chi connectivity index (χ0n) is 20.5. The summed E-state index contributed by atoms with van der Waals surface area (Å²) in [6, 6.07) is 0. The smallest absolute Gasteiger partial charge is 0.349 e. The fourth-order valence-corrected chi connectivity index (χ4v) is 7.87. The third-order valence-corrected chi connectivity index (χ3v) is 9.77. The van der Waals surface area contributed by atoms with E-state index in [4.69, 9.17) is 4.74 Å². The number of ketones is 1. The molecule has 3 fully saturated rings. The number of halogens is 2. The minimum absolute atomic E-state index is 0.0128. The number of carboxylic acids is 1. The number of carbonyl (C=O) groups excluding carboxylic acids is 2. The van der Waals surface area contributed by atoms with Gasteiger partial charge < -0.3 is 9.84 Å². The van der Waals surface area contributed by atoms with E-state index in [0.717, 1.165) is 12.8 Å². The number of fused-ring (bicyclic) bond motifs is 5. The van der Waals surface area contributed by atoms with Gasteiger partial charge in [0.05, 0.1) is 0 Å². The van der Waals surface area contributed by atoms with E-state index in [2.05, 4.69) is 0 Å². The molecular weight excluding hydrogens is 442 g/mol. The number of ether oxygens (including phenoxy) is 1. The average Bonchev–Trinajstić information content (AvgIpc) is 2.99. The van der Waals surface area contributed by atoms with Crippen molar-refractivity contribution in [3.8, 4) is 0 Å². The highest BCUT2D eigenvalue weighted by Crippen LogP contribution is 2.71. The Morgan fingerprint density at radius 3 is 2.53 bits per heavy atom. The van der Waals surface area contributed by atoms with Crippen molar-refractivity contribution in [2.75, 3.05) is 0 Å². The summed E-state index contributed by atoms with van der Waals surface area (Å²) in [5.41, 5.74) is -5.70. The Morgan fingerprint density at radius 1 is 1.18 bits per heavy atom. The van der Waals surface area contributed by atoms with Crippen LogP contribution in [0.25, 0.3) is 0 Å². The zero-order valence-corrected chi connectivity index (χ0v) is 20.5. The molecule has 188 valence electrons. The first-order valence-electron chi connectivity index (χ1n) is 12.6. The van der Waals surface area contributed by atoms with Gasteiger partial charge in [-0.2, -0.15) is 0 Å². The monoisotopic (exact) mass is 478 g/mol. The molecule has 8 atom stereocenters. The van der Waals surface area contributed by atoms with Gasteiger partial charge in [0.2, 0.25) is 5.60 Å². The first-order valence-corrected chi connectivity index (χ1v) is 12.6. The van der Waals surface area contributed by atoms with Crippen molar-refractivity contribution in [2.45, 2.75) is 96.5 Å². The van der Waals surface area contributed by atoms with Crippen LogP contribution >= 0.6 is 0 Å². The molecular formula is C27H36F2O5. The molecule has 0 heterocycles. The van der Waals surface area contributed by atoms with E-state index in [0.29, 0.717) is 12.8 Å². The Kier molecular flexibility index (Phi) is 6.09. The Labute approximate surface area is 200 Å². The van der Waals surface area contributed by atoms with E-state index < -0.39 is 58.0 Å². The van der Waals surface area contributed by atoms with Crippen LogP contribution in [0.5, 0.6) is 0 Å². The van der Waals surface area contributed by atoms with E-state index in [9.17, 15) is 19.5 Å². The molecule has 0 saturated heterocycles. The summed E-state index contributed by atoms with van der Waals surface area (Å²) < 4.78 is 38.4. The van der Waals surface area contributed by atoms with Crippen LogP contribution in [-0.2, 0) is 19.1 Å². The van der Waals surface area contributed by atoms with Gasteiger partial charge in [0.1, 0.15) is 11.8 Å². The molecule has 1 N–H and O–H groups in total. The standard InChI is InChI=1S/C27H36F2O5/c1-5-6-7-8-22(31)34-27(23(32)33)16(2)13-18-19-15-21(28)20-14-17(30)9-10-24(20,3)26(19,29)12-11-25(18,27)4/h9-10,14,16,18-19,21H,5-8,11-13,15H2,1-4H3,(H,32,33)/t16-,18-,19-,21-,24-,25-,26+,27-/m0/s1. The predicted octanol–water partition coefficient (Wildman–Crippen LogP) is 5.53. The summed E-state index contributed by atoms with van der Waals surface area (Å²) >= 11 is 0. The maximum absolute atomic E-state index is 17.1. The minimum Gasteiger partial charge on any atom is -0.478 e. The number of carboxylic acid groups (broad SMARTS) is 1. The van der Waals surface area contributed by atoms with Crippen LogP contribution in [0, 0.1) is 28.6 Å². The minimum atomic E-state index is -1.82. The second kappa shape index (κ2) is 8.27. The topological polar surface area (TPSA) is 80.7 Å². The Balaban J connectivity index is 1.73. The predicted molar refractivity (Wildman–Crippen MR) is 122 cm³/mol. The number of hydrogen-bond donors (Lipinski definition) is 1. The summed E-state index contributed by atoms with van der Waals surface area (Å²) in [5, 5.41) is 10.4. The number of allylic oxidation sites excluding steroid dienone is 4. The lowest BCUT2D eigenvalue weighted by molar-refractivity contribution is -0.215. The maximum atomic E-state index is 17.1. The number of esters is 1. The Bertz CT molecular complexity index is 959. The van der Waals surface area contributed by atoms with Crippen molar-refractivity contribution in [1.82, 2.24) is 0 Å². The molecule has 0 amide bonds. The van der Waals surface area contributed by atoms with Gasteiger partial charge in [-0.25, -0.2) is 13.6 Å². The van der Waals surface area contributed by atoms with Crippen molar-refractivity contribution < 1.29 is 33.0 Å². The molecule has 0 bridgehead atoms. The lowest BCUT2D eigenvalue weighted by atomic mass is 9.45. The van der Waals surface area contributed by atoms with E-state index in [1.54, 1.807) is 20.8 Å². The van der Waals surface area contributed by atoms with Crippen LogP contribution in [0.1, 0.15) is 79.1 Å². The third kappa shape index (κ3) is 3.17. The fourth-order valence-electron chi connectivity index (χ4n) is 7.87. The second-order valence-corrected chi connectivity index (χ2v) is 11.3. The highest BCUT2D eigenvalue weighted by atomic mass is 19.1. The van der Waals surface area contributed by atoms with Crippen LogP contribution in [-0.4, -0.2) is 40.3 Å². The van der Waals surface area contributed by atoms with Crippen molar-refractivity contribution in [3.05, 3.63) is 23.8 Å². The van der Waals surface area contributed by atoms with Crippen LogP contribution < -0.4 is 0 Å². The molecule has 0 aromatic rings. The van der Waals surface area contributed by atoms with Gasteiger partial charge in [-0.1, -0.05) is 39.7 Å². The van der Waals surface area contributed by atoms with Crippen molar-refractivity contribution in [2.24, 2.45) is 28.6 Å². The van der Waals surface area contributed by atoms with Crippen molar-refractivity contribution in [3.63, 3.8) is 0 Å². The highest BCUT2D eigenvalue weighted by molar-refractivity contribution is 6.01. The van der Waals surface area contributed by atoms with Crippen LogP contribution in [0.3, 0.4) is 0 Å². The number of unbranched alkanes of at least 4 members (excludes halogenated alkanes) is 2. The first-order chi connectivity index (χ1) is 15.9. The molecule has 0 spiro atoms. The number of aliphatic carboxylic acids is 1. The molecule has 34 heavy (non-hydrogen) atoms. The fraction of sp³-hybridized carbons (Fsp3) is 0.741. The molecule has 0 aromatic heterocycles. The van der Waals surface area contributed by atoms with Crippen LogP contribution in [0.15, 0.2) is 23.8 Å². The summed E-state index contributed by atoms with van der Waals surface area (Å²) in [6.07, 6.45) is 5.54. The summed E-state index contributed by atoms with van der Waals surface area (Å²) in [5.74, 6) is -3.84. The van der Waals surface area contributed by atoms with Crippen LogP contribution in [0.4, 0.5) is 8.78 Å². The summed E-state index contributed by atoms with van der Waals surface area (Å²) in [6.45, 7) is 7.20. The van der Waals surface area contributed by atoms with Crippen molar-refractivity contribution in [1.29, 1.82) is 0 Å². The lowest BCUT2D eigenvalue weighted by Gasteiger charge is -2.61. The van der Waals surface area contributed by atoms with E-state index in [1.807, 2.05) is 6.92 Å². The molecule has 3 saturated carbocycles. The Morgan fingerprint density at radius 2 is 1.88 bits per heavy atom. The number of hydrogen-bond acceptors (Lipinski definition) is 4. The second-order valence-electron chi connectivity index (χ2n) is 11.3. The van der Waals surface area contributed by atoms with Gasteiger partial charge >= 0.3 is 11.9 Å². The normalized spacial score (nSPS) is 45.1. The molecule has 0 aromatic carbocycles. The number of rotatable bonds is 6. The third-order valence-electron chi connectivity index (χ3n) is 9.77. The molecule has 4 aliphatic carbocycles. The first kappa shape index (κ1) is 25.1. The van der Waals surface area contributed by atoms with Gasteiger partial charge in [-0.15, -0.1) is 0 Å². The summed E-state index contributed by atoms with van der Waals surface area (Å²) in [4.78, 5) is 37.5. The number of carbonyl (C=O) groups is 3. The molecule has 4 rings (SSSR count). The largest absolute Gasteiger partial charge is 0.478 e. The quantitative estimate of drug-likeness (QED) is 0.401. The van der Waals surface area contributed by atoms with Gasteiger partial charge in [0, 0.05) is 29.1 Å². The summed E-state index contributed by atoms with van der Waals surface area (Å²) in [7, 11) is 0. The van der Waals surface area contributed by atoms with Gasteiger partial charge in [-0.3, -0.25) is 9.59 Å². The lowest BCUT2D eigenvalue weighted by Crippen LogP contribution is -2.66. The van der Waals surface area contributed by atoms with Crippen LogP contribution in [0.2, 0.25) is 0 Å². The molecule has 0 radical (unpaired) electrons. The average molecular weight is 479 g/mol. The molecule has 0 unspecified atom stereocenters. The number of alkyl halides is 2. The zero-order chi connectivity index (χ0) is 25.1. The SMILES string of the molecule is CCCCCC(=O)O[C@]1(C(=O)O)[C@@H](C)C[C@H]2[C@@H]3C[C@H](F)C4=CC(=O)C=C[C@]4(C)[C@@]3(F)CC[C@@]21C. The van der Waals surface area contributed by atoms with Gasteiger partial charge in [-0.05, 0) is 62.7 Å². The van der Waals surface area contributed by atoms with E-state index in [1.165, 1.54) is 18.2 Å². The van der Waals surface area contributed by atoms with Gasteiger partial charge in [0.25, 0.3) is 0 Å². The van der Waals surface area contributed by atoms with E-state index in [-0.39, 0.29) is 37.0 Å². The van der Waals surface area contributed by atoms with Crippen molar-refractivity contribution >= 4 is 17.7 Å². The van der Waals surface area contributed by atoms with E-state index >= 15 is 8.78 Å². The molecule has 0 aliphatic heterocycles. The van der Waals surface area contributed by atoms with Gasteiger partial charge in [0.15, 0.2) is 5.78 Å². The molecule has 7 heteroatoms. The molecule has 4 aliphatic rings.